The van der Waals surface area contributed by atoms with E-state index in [9.17, 15) is 5.21 Å². The van der Waals surface area contributed by atoms with Gasteiger partial charge in [0.05, 0.1) is 0 Å². The molecular weight excluding hydrogens is 162 g/mol. The number of nitrogens with zero attached hydrogens (tertiary/aromatic N) is 1. The zero-order valence-corrected chi connectivity index (χ0v) is 9.43. The SMILES string of the molecule is CCC1(C)CCC(CC)(CC)N1O. The second kappa shape index (κ2) is 3.58. The van der Waals surface area contributed by atoms with Gasteiger partial charge in [0.1, 0.15) is 0 Å². The van der Waals surface area contributed by atoms with E-state index in [0.29, 0.717) is 0 Å². The topological polar surface area (TPSA) is 23.5 Å². The summed E-state index contributed by atoms with van der Waals surface area (Å²) in [5.74, 6) is 0. The van der Waals surface area contributed by atoms with Crippen LogP contribution in [0.25, 0.3) is 0 Å². The fraction of sp³-hybridized carbons (Fsp3) is 1.00. The van der Waals surface area contributed by atoms with Gasteiger partial charge in [0.15, 0.2) is 0 Å². The highest BCUT2D eigenvalue weighted by atomic mass is 16.5. The second-order valence-corrected chi connectivity index (χ2v) is 4.59. The van der Waals surface area contributed by atoms with Crippen LogP contribution in [0, 0.1) is 0 Å². The number of rotatable bonds is 3. The summed E-state index contributed by atoms with van der Waals surface area (Å²) in [5, 5.41) is 11.8. The maximum atomic E-state index is 10.2. The molecular formula is C11H23NO. The van der Waals surface area contributed by atoms with Crippen LogP contribution in [0.4, 0.5) is 0 Å². The molecule has 0 aliphatic carbocycles. The van der Waals surface area contributed by atoms with E-state index in [1.807, 2.05) is 0 Å². The molecule has 1 rings (SSSR count). The zero-order valence-electron chi connectivity index (χ0n) is 9.43. The quantitative estimate of drug-likeness (QED) is 0.730. The molecule has 0 aromatic carbocycles. The van der Waals surface area contributed by atoms with Crippen LogP contribution in [0.2, 0.25) is 0 Å². The Hall–Kier alpha value is -0.0800. The zero-order chi connectivity index (χ0) is 10.1. The van der Waals surface area contributed by atoms with Crippen molar-refractivity contribution in [3.63, 3.8) is 0 Å². The molecule has 1 aliphatic heterocycles. The Labute approximate surface area is 81.9 Å². The minimum atomic E-state index is 0.0199. The lowest BCUT2D eigenvalue weighted by molar-refractivity contribution is -0.209. The Morgan fingerprint density at radius 3 is 1.85 bits per heavy atom. The molecule has 13 heavy (non-hydrogen) atoms. The minimum absolute atomic E-state index is 0.0199. The molecule has 78 valence electrons. The first-order chi connectivity index (χ1) is 6.04. The van der Waals surface area contributed by atoms with Crippen LogP contribution in [0.1, 0.15) is 59.8 Å². The van der Waals surface area contributed by atoms with Gasteiger partial charge in [-0.25, -0.2) is 0 Å². The lowest BCUT2D eigenvalue weighted by Gasteiger charge is -2.39. The van der Waals surface area contributed by atoms with Gasteiger partial charge in [-0.15, -0.1) is 0 Å². The summed E-state index contributed by atoms with van der Waals surface area (Å²) in [6.45, 7) is 8.67. The van der Waals surface area contributed by atoms with Crippen LogP contribution in [-0.2, 0) is 0 Å². The highest BCUT2D eigenvalue weighted by Gasteiger charge is 2.49. The van der Waals surface area contributed by atoms with E-state index in [0.717, 1.165) is 32.1 Å². The number of hydrogen-bond acceptors (Lipinski definition) is 2. The van der Waals surface area contributed by atoms with E-state index in [-0.39, 0.29) is 11.1 Å². The van der Waals surface area contributed by atoms with Gasteiger partial charge in [-0.3, -0.25) is 0 Å². The van der Waals surface area contributed by atoms with Gasteiger partial charge in [0, 0.05) is 11.1 Å². The van der Waals surface area contributed by atoms with Crippen LogP contribution < -0.4 is 0 Å². The van der Waals surface area contributed by atoms with Gasteiger partial charge in [0.25, 0.3) is 0 Å². The van der Waals surface area contributed by atoms with Crippen molar-refractivity contribution in [1.29, 1.82) is 0 Å². The fourth-order valence-electron chi connectivity index (χ4n) is 2.52. The van der Waals surface area contributed by atoms with Gasteiger partial charge >= 0.3 is 0 Å². The van der Waals surface area contributed by atoms with Gasteiger partial charge in [0.2, 0.25) is 0 Å². The Kier molecular flexibility index (Phi) is 3.03. The summed E-state index contributed by atoms with van der Waals surface area (Å²) in [4.78, 5) is 0. The summed E-state index contributed by atoms with van der Waals surface area (Å²) >= 11 is 0. The molecule has 0 amide bonds. The van der Waals surface area contributed by atoms with Crippen LogP contribution in [0.15, 0.2) is 0 Å². The number of hydroxylamine groups is 2. The molecule has 0 bridgehead atoms. The van der Waals surface area contributed by atoms with E-state index >= 15 is 0 Å². The normalized spacial score (nSPS) is 33.9. The molecule has 1 saturated heterocycles. The fourth-order valence-corrected chi connectivity index (χ4v) is 2.52. The van der Waals surface area contributed by atoms with Gasteiger partial charge < -0.3 is 5.21 Å². The first-order valence-corrected chi connectivity index (χ1v) is 5.54. The monoisotopic (exact) mass is 185 g/mol. The molecule has 1 atom stereocenters. The highest BCUT2D eigenvalue weighted by Crippen LogP contribution is 2.44. The molecule has 2 nitrogen and oxygen atoms in total. The van der Waals surface area contributed by atoms with Crippen molar-refractivity contribution in [2.24, 2.45) is 0 Å². The Morgan fingerprint density at radius 2 is 1.62 bits per heavy atom. The second-order valence-electron chi connectivity index (χ2n) is 4.59. The summed E-state index contributed by atoms with van der Waals surface area (Å²) < 4.78 is 0. The Bertz CT molecular complexity index is 177. The standard InChI is InChI=1S/C11H23NO/c1-5-10(4)8-9-11(6-2,7-3)12(10)13/h13H,5-9H2,1-4H3. The van der Waals surface area contributed by atoms with Gasteiger partial charge in [-0.1, -0.05) is 20.8 Å². The van der Waals surface area contributed by atoms with E-state index in [4.69, 9.17) is 0 Å². The van der Waals surface area contributed by atoms with Crippen LogP contribution >= 0.6 is 0 Å². The maximum Gasteiger partial charge on any atom is 0.0462 e. The lowest BCUT2D eigenvalue weighted by atomic mass is 9.91. The molecule has 1 heterocycles. The molecule has 0 saturated carbocycles. The Morgan fingerprint density at radius 1 is 1.08 bits per heavy atom. The molecule has 1 N–H and O–H groups in total. The summed E-state index contributed by atoms with van der Waals surface area (Å²) in [5.41, 5.74) is 0.0801. The predicted octanol–water partition coefficient (Wildman–Crippen LogP) is 3.20. The van der Waals surface area contributed by atoms with Gasteiger partial charge in [-0.2, -0.15) is 5.06 Å². The largest absolute Gasteiger partial charge is 0.313 e. The van der Waals surface area contributed by atoms with Crippen LogP contribution in [-0.4, -0.2) is 21.3 Å². The van der Waals surface area contributed by atoms with Crippen LogP contribution in [0.3, 0.4) is 0 Å². The lowest BCUT2D eigenvalue weighted by Crippen LogP contribution is -2.49. The molecule has 0 aromatic heterocycles. The average molecular weight is 185 g/mol. The first-order valence-electron chi connectivity index (χ1n) is 5.54. The van der Waals surface area contributed by atoms with Crippen molar-refractivity contribution in [3.8, 4) is 0 Å². The van der Waals surface area contributed by atoms with Crippen LogP contribution in [0.5, 0.6) is 0 Å². The third-order valence-corrected chi connectivity index (χ3v) is 4.17. The highest BCUT2D eigenvalue weighted by molar-refractivity contribution is 5.01. The third-order valence-electron chi connectivity index (χ3n) is 4.17. The molecule has 1 fully saturated rings. The first kappa shape index (κ1) is 11.0. The van der Waals surface area contributed by atoms with Crippen molar-refractivity contribution in [1.82, 2.24) is 5.06 Å². The third kappa shape index (κ3) is 1.50. The molecule has 0 radical (unpaired) electrons. The number of hydrogen-bond donors (Lipinski definition) is 1. The van der Waals surface area contributed by atoms with E-state index in [1.54, 1.807) is 5.06 Å². The van der Waals surface area contributed by atoms with Crippen molar-refractivity contribution in [2.45, 2.75) is 70.9 Å². The molecule has 1 aliphatic rings. The molecule has 2 heteroatoms. The van der Waals surface area contributed by atoms with E-state index in [2.05, 4.69) is 27.7 Å². The average Bonchev–Trinajstić information content (AvgIpc) is 2.43. The predicted molar refractivity (Wildman–Crippen MR) is 54.9 cm³/mol. The van der Waals surface area contributed by atoms with Crippen molar-refractivity contribution < 1.29 is 5.21 Å². The molecule has 1 unspecified atom stereocenters. The van der Waals surface area contributed by atoms with E-state index < -0.39 is 0 Å². The Balaban J connectivity index is 2.84. The summed E-state index contributed by atoms with van der Waals surface area (Å²) in [7, 11) is 0. The van der Waals surface area contributed by atoms with Gasteiger partial charge in [-0.05, 0) is 39.0 Å². The maximum absolute atomic E-state index is 10.2. The van der Waals surface area contributed by atoms with E-state index in [1.165, 1.54) is 0 Å². The van der Waals surface area contributed by atoms with Crippen molar-refractivity contribution in [2.75, 3.05) is 0 Å². The summed E-state index contributed by atoms with van der Waals surface area (Å²) in [6, 6.07) is 0. The van der Waals surface area contributed by atoms with Crippen molar-refractivity contribution >= 4 is 0 Å². The smallest absolute Gasteiger partial charge is 0.0462 e. The van der Waals surface area contributed by atoms with Crippen molar-refractivity contribution in [3.05, 3.63) is 0 Å². The minimum Gasteiger partial charge on any atom is -0.313 e. The molecule has 0 spiro atoms. The summed E-state index contributed by atoms with van der Waals surface area (Å²) in [6.07, 6.45) is 5.40. The molecule has 0 aromatic rings.